The molecule has 2 atom stereocenters. The maximum Gasteiger partial charge on any atom is 0.237 e. The van der Waals surface area contributed by atoms with Gasteiger partial charge in [-0.15, -0.1) is 11.3 Å². The average molecular weight is 379 g/mol. The lowest BCUT2D eigenvalue weighted by atomic mass is 9.91. The van der Waals surface area contributed by atoms with E-state index in [1.165, 1.54) is 16.0 Å². The van der Waals surface area contributed by atoms with E-state index in [0.717, 1.165) is 12.0 Å². The molecule has 1 aromatic heterocycles. The minimum Gasteiger partial charge on any atom is -0.354 e. The van der Waals surface area contributed by atoms with Crippen molar-refractivity contribution in [3.8, 4) is 11.1 Å². The fourth-order valence-corrected chi connectivity index (χ4v) is 3.99. The number of likely N-dealkylation sites (N-methyl/N-ethyl adjacent to an activating group) is 1. The molecule has 0 radical (unpaired) electrons. The Morgan fingerprint density at radius 2 is 1.67 bits per heavy atom. The third-order valence-corrected chi connectivity index (χ3v) is 5.82. The van der Waals surface area contributed by atoms with Gasteiger partial charge in [-0.3, -0.25) is 4.79 Å². The normalized spacial score (nSPS) is 13.1. The van der Waals surface area contributed by atoms with E-state index in [9.17, 15) is 4.79 Å². The van der Waals surface area contributed by atoms with Crippen molar-refractivity contribution in [3.05, 3.63) is 82.6 Å². The molecule has 140 valence electrons. The van der Waals surface area contributed by atoms with Crippen molar-refractivity contribution in [2.75, 3.05) is 13.6 Å². The van der Waals surface area contributed by atoms with Crippen molar-refractivity contribution in [3.63, 3.8) is 0 Å². The number of nitrogens with one attached hydrogen (secondary N) is 2. The number of hydrogen-bond acceptors (Lipinski definition) is 3. The molecule has 0 bridgehead atoms. The Hall–Kier alpha value is -2.43. The second-order valence-corrected chi connectivity index (χ2v) is 7.70. The molecule has 0 saturated heterocycles. The van der Waals surface area contributed by atoms with Gasteiger partial charge in [0.2, 0.25) is 5.91 Å². The molecular weight excluding hydrogens is 352 g/mol. The van der Waals surface area contributed by atoms with Crippen LogP contribution >= 0.6 is 11.3 Å². The third kappa shape index (κ3) is 5.06. The molecule has 0 aliphatic rings. The van der Waals surface area contributed by atoms with Crippen LogP contribution in [-0.2, 0) is 11.2 Å². The summed E-state index contributed by atoms with van der Waals surface area (Å²) in [4.78, 5) is 13.9. The van der Waals surface area contributed by atoms with E-state index in [1.807, 2.05) is 31.3 Å². The van der Waals surface area contributed by atoms with Crippen LogP contribution in [0.2, 0.25) is 0 Å². The minimum absolute atomic E-state index is 0.0497. The molecular formula is C23H26N2OS. The predicted octanol–water partition coefficient (Wildman–Crippen LogP) is 4.47. The largest absolute Gasteiger partial charge is 0.354 e. The van der Waals surface area contributed by atoms with Gasteiger partial charge >= 0.3 is 0 Å². The highest BCUT2D eigenvalue weighted by molar-refractivity contribution is 7.09. The quantitative estimate of drug-likeness (QED) is 0.607. The van der Waals surface area contributed by atoms with Crippen LogP contribution in [0.4, 0.5) is 0 Å². The highest BCUT2D eigenvalue weighted by Crippen LogP contribution is 2.24. The summed E-state index contributed by atoms with van der Waals surface area (Å²) in [6.07, 6.45) is 0.875. The Kier molecular flexibility index (Phi) is 6.80. The fourth-order valence-electron chi connectivity index (χ4n) is 3.28. The Bertz CT molecular complexity index is 829. The van der Waals surface area contributed by atoms with Gasteiger partial charge in [0.25, 0.3) is 0 Å². The highest BCUT2D eigenvalue weighted by Gasteiger charge is 2.24. The van der Waals surface area contributed by atoms with Gasteiger partial charge in [-0.2, -0.15) is 0 Å². The topological polar surface area (TPSA) is 41.1 Å². The van der Waals surface area contributed by atoms with Crippen LogP contribution in [0, 0.1) is 0 Å². The summed E-state index contributed by atoms with van der Waals surface area (Å²) in [6.45, 7) is 2.76. The molecule has 0 fully saturated rings. The Balaban J connectivity index is 1.61. The van der Waals surface area contributed by atoms with E-state index in [2.05, 4.69) is 65.4 Å². The lowest BCUT2D eigenvalue weighted by Crippen LogP contribution is -2.46. The second kappa shape index (κ2) is 9.49. The fraction of sp³-hybridized carbons (Fsp3) is 0.261. The van der Waals surface area contributed by atoms with Crippen LogP contribution < -0.4 is 10.6 Å². The standard InChI is InChI=1S/C23H26N2OS/c1-17(18-10-12-20(13-11-18)19-7-4-3-5-8-19)22(24-2)23(26)25-15-14-21-9-6-16-27-21/h3-13,16-17,22,24H,14-15H2,1-2H3,(H,25,26). The summed E-state index contributed by atoms with van der Waals surface area (Å²) in [7, 11) is 1.85. The van der Waals surface area contributed by atoms with E-state index in [1.54, 1.807) is 11.3 Å². The molecule has 0 aliphatic heterocycles. The molecule has 27 heavy (non-hydrogen) atoms. The first kappa shape index (κ1) is 19.3. The molecule has 1 heterocycles. The van der Waals surface area contributed by atoms with Crippen molar-refractivity contribution in [2.45, 2.75) is 25.3 Å². The first-order valence-corrected chi connectivity index (χ1v) is 10.2. The number of rotatable bonds is 8. The van der Waals surface area contributed by atoms with E-state index in [4.69, 9.17) is 0 Å². The molecule has 3 nitrogen and oxygen atoms in total. The van der Waals surface area contributed by atoms with Crippen molar-refractivity contribution in [2.24, 2.45) is 0 Å². The molecule has 2 aromatic carbocycles. The third-order valence-electron chi connectivity index (χ3n) is 4.89. The van der Waals surface area contributed by atoms with Crippen LogP contribution in [0.3, 0.4) is 0 Å². The molecule has 0 aliphatic carbocycles. The second-order valence-electron chi connectivity index (χ2n) is 6.66. The summed E-state index contributed by atoms with van der Waals surface area (Å²) in [6, 6.07) is 22.7. The number of carbonyl (C=O) groups is 1. The molecule has 2 unspecified atom stereocenters. The molecule has 3 aromatic rings. The number of carbonyl (C=O) groups excluding carboxylic acids is 1. The SMILES string of the molecule is CNC(C(=O)NCCc1cccs1)C(C)c1ccc(-c2ccccc2)cc1. The van der Waals surface area contributed by atoms with Crippen LogP contribution in [0.15, 0.2) is 72.1 Å². The lowest BCUT2D eigenvalue weighted by Gasteiger charge is -2.23. The van der Waals surface area contributed by atoms with Crippen molar-refractivity contribution < 1.29 is 4.79 Å². The molecule has 0 spiro atoms. The van der Waals surface area contributed by atoms with Gasteiger partial charge in [0, 0.05) is 17.3 Å². The molecule has 2 N–H and O–H groups in total. The van der Waals surface area contributed by atoms with Crippen LogP contribution in [0.1, 0.15) is 23.3 Å². The van der Waals surface area contributed by atoms with Gasteiger partial charge in [-0.05, 0) is 41.6 Å². The van der Waals surface area contributed by atoms with Crippen LogP contribution in [0.25, 0.3) is 11.1 Å². The van der Waals surface area contributed by atoms with E-state index >= 15 is 0 Å². The van der Waals surface area contributed by atoms with E-state index < -0.39 is 0 Å². The zero-order valence-corrected chi connectivity index (χ0v) is 16.6. The zero-order chi connectivity index (χ0) is 19.1. The summed E-state index contributed by atoms with van der Waals surface area (Å²) in [5.41, 5.74) is 3.54. The Morgan fingerprint density at radius 1 is 0.963 bits per heavy atom. The van der Waals surface area contributed by atoms with Crippen molar-refractivity contribution >= 4 is 17.2 Å². The number of benzene rings is 2. The zero-order valence-electron chi connectivity index (χ0n) is 15.8. The Labute approximate surface area is 165 Å². The molecule has 4 heteroatoms. The number of amides is 1. The van der Waals surface area contributed by atoms with Gasteiger partial charge in [-0.25, -0.2) is 0 Å². The maximum atomic E-state index is 12.6. The van der Waals surface area contributed by atoms with Gasteiger partial charge in [0.05, 0.1) is 6.04 Å². The highest BCUT2D eigenvalue weighted by atomic mass is 32.1. The Morgan fingerprint density at radius 3 is 2.30 bits per heavy atom. The van der Waals surface area contributed by atoms with Gasteiger partial charge < -0.3 is 10.6 Å². The van der Waals surface area contributed by atoms with Crippen molar-refractivity contribution in [1.29, 1.82) is 0 Å². The van der Waals surface area contributed by atoms with Crippen molar-refractivity contribution in [1.82, 2.24) is 10.6 Å². The summed E-state index contributed by atoms with van der Waals surface area (Å²) in [5.74, 6) is 0.134. The van der Waals surface area contributed by atoms with Gasteiger partial charge in [0.1, 0.15) is 0 Å². The molecule has 3 rings (SSSR count). The lowest BCUT2D eigenvalue weighted by molar-refractivity contribution is -0.123. The number of thiophene rings is 1. The molecule has 0 saturated carbocycles. The minimum atomic E-state index is -0.254. The molecule has 1 amide bonds. The summed E-state index contributed by atoms with van der Waals surface area (Å²) >= 11 is 1.72. The smallest absolute Gasteiger partial charge is 0.237 e. The summed E-state index contributed by atoms with van der Waals surface area (Å²) in [5, 5.41) is 8.31. The van der Waals surface area contributed by atoms with Gasteiger partial charge in [-0.1, -0.05) is 67.6 Å². The predicted molar refractivity (Wildman–Crippen MR) is 114 cm³/mol. The summed E-state index contributed by atoms with van der Waals surface area (Å²) < 4.78 is 0. The average Bonchev–Trinajstić information content (AvgIpc) is 3.23. The van der Waals surface area contributed by atoms with Crippen LogP contribution in [0.5, 0.6) is 0 Å². The first-order valence-electron chi connectivity index (χ1n) is 9.32. The monoisotopic (exact) mass is 378 g/mol. The van der Waals surface area contributed by atoms with E-state index in [-0.39, 0.29) is 17.9 Å². The van der Waals surface area contributed by atoms with E-state index in [0.29, 0.717) is 6.54 Å². The first-order chi connectivity index (χ1) is 13.2. The maximum absolute atomic E-state index is 12.6. The van der Waals surface area contributed by atoms with Crippen LogP contribution in [-0.4, -0.2) is 25.5 Å². The number of hydrogen-bond donors (Lipinski definition) is 2. The van der Waals surface area contributed by atoms with Gasteiger partial charge in [0.15, 0.2) is 0 Å².